The summed E-state index contributed by atoms with van der Waals surface area (Å²) in [6.45, 7) is 3.68. The van der Waals surface area contributed by atoms with Crippen molar-refractivity contribution in [2.45, 2.75) is 77.3 Å². The van der Waals surface area contributed by atoms with E-state index >= 15 is 0 Å². The van der Waals surface area contributed by atoms with E-state index in [1.165, 1.54) is 19.3 Å². The highest BCUT2D eigenvalue weighted by Gasteiger charge is 2.17. The summed E-state index contributed by atoms with van der Waals surface area (Å²) in [5.74, 6) is -1.06. The molecule has 0 saturated heterocycles. The van der Waals surface area contributed by atoms with Gasteiger partial charge in [-0.1, -0.05) is 32.6 Å². The molecule has 0 bridgehead atoms. The number of rotatable bonds is 7. The zero-order valence-corrected chi connectivity index (χ0v) is 12.7. The van der Waals surface area contributed by atoms with E-state index in [0.29, 0.717) is 12.5 Å². The molecule has 1 aliphatic carbocycles. The number of carbonyl (C=O) groups excluding carboxylic acids is 1. The zero-order valence-electron chi connectivity index (χ0n) is 12.7. The van der Waals surface area contributed by atoms with Crippen LogP contribution in [0.15, 0.2) is 0 Å². The maximum atomic E-state index is 11.8. The van der Waals surface area contributed by atoms with Crippen LogP contribution in [0.4, 0.5) is 4.79 Å². The van der Waals surface area contributed by atoms with Crippen LogP contribution >= 0.6 is 0 Å². The highest BCUT2D eigenvalue weighted by Crippen LogP contribution is 2.17. The van der Waals surface area contributed by atoms with Crippen LogP contribution in [0, 0.1) is 5.92 Å². The number of hydrogen-bond donors (Lipinski definition) is 3. The molecule has 1 fully saturated rings. The predicted octanol–water partition coefficient (Wildman–Crippen LogP) is 2.90. The summed E-state index contributed by atoms with van der Waals surface area (Å²) in [7, 11) is 0. The molecule has 2 atom stereocenters. The largest absolute Gasteiger partial charge is 0.481 e. The Morgan fingerprint density at radius 2 is 1.80 bits per heavy atom. The van der Waals surface area contributed by atoms with E-state index in [2.05, 4.69) is 10.6 Å². The van der Waals surface area contributed by atoms with Crippen molar-refractivity contribution in [1.82, 2.24) is 10.6 Å². The summed E-state index contributed by atoms with van der Waals surface area (Å²) in [6.07, 6.45) is 8.13. The minimum atomic E-state index is -0.749. The molecular weight excluding hydrogens is 256 g/mol. The van der Waals surface area contributed by atoms with E-state index in [4.69, 9.17) is 5.11 Å². The second-order valence-electron chi connectivity index (χ2n) is 6.02. The average molecular weight is 284 g/mol. The summed E-state index contributed by atoms with van der Waals surface area (Å²) >= 11 is 0. The number of nitrogens with one attached hydrogen (secondary N) is 2. The Morgan fingerprint density at radius 3 is 2.40 bits per heavy atom. The lowest BCUT2D eigenvalue weighted by Gasteiger charge is -2.24. The molecule has 2 amide bonds. The molecule has 0 aromatic carbocycles. The van der Waals surface area contributed by atoms with Crippen molar-refractivity contribution >= 4 is 12.0 Å². The standard InChI is InChI=1S/C15H28N2O3/c1-11(14(18)19)7-6-8-12(2)16-15(20)17-13-9-4-3-5-10-13/h11-13H,3-10H2,1-2H3,(H,18,19)(H2,16,17,20). The number of carboxylic acid groups (broad SMARTS) is 1. The van der Waals surface area contributed by atoms with E-state index in [9.17, 15) is 9.59 Å². The van der Waals surface area contributed by atoms with Gasteiger partial charge >= 0.3 is 12.0 Å². The minimum Gasteiger partial charge on any atom is -0.481 e. The van der Waals surface area contributed by atoms with Crippen molar-refractivity contribution in [1.29, 1.82) is 0 Å². The molecule has 1 saturated carbocycles. The van der Waals surface area contributed by atoms with Gasteiger partial charge in [-0.15, -0.1) is 0 Å². The SMILES string of the molecule is CC(CCCC(C)C(=O)O)NC(=O)NC1CCCCC1. The monoisotopic (exact) mass is 284 g/mol. The smallest absolute Gasteiger partial charge is 0.315 e. The Balaban J connectivity index is 2.12. The zero-order chi connectivity index (χ0) is 15.0. The van der Waals surface area contributed by atoms with Crippen LogP contribution in [0.5, 0.6) is 0 Å². The maximum Gasteiger partial charge on any atom is 0.315 e. The van der Waals surface area contributed by atoms with Gasteiger partial charge in [-0.2, -0.15) is 0 Å². The second-order valence-corrected chi connectivity index (χ2v) is 6.02. The topological polar surface area (TPSA) is 78.4 Å². The van der Waals surface area contributed by atoms with Gasteiger partial charge in [0.25, 0.3) is 0 Å². The van der Waals surface area contributed by atoms with Gasteiger partial charge in [-0.05, 0) is 32.6 Å². The van der Waals surface area contributed by atoms with Crippen LogP contribution in [-0.4, -0.2) is 29.2 Å². The minimum absolute atomic E-state index is 0.0829. The maximum absolute atomic E-state index is 11.8. The number of amides is 2. The van der Waals surface area contributed by atoms with E-state index in [0.717, 1.165) is 25.7 Å². The van der Waals surface area contributed by atoms with Crippen molar-refractivity contribution in [3.05, 3.63) is 0 Å². The van der Waals surface area contributed by atoms with E-state index in [1.54, 1.807) is 6.92 Å². The Labute approximate surface area is 121 Å². The molecule has 1 aliphatic rings. The molecule has 2 unspecified atom stereocenters. The van der Waals surface area contributed by atoms with Crippen LogP contribution in [0.25, 0.3) is 0 Å². The number of carbonyl (C=O) groups is 2. The van der Waals surface area contributed by atoms with Gasteiger partial charge in [0, 0.05) is 12.1 Å². The fourth-order valence-electron chi connectivity index (χ4n) is 2.62. The van der Waals surface area contributed by atoms with Crippen LogP contribution in [0.2, 0.25) is 0 Å². The number of carboxylic acids is 1. The van der Waals surface area contributed by atoms with Crippen LogP contribution in [-0.2, 0) is 4.79 Å². The molecular formula is C15H28N2O3. The summed E-state index contributed by atoms with van der Waals surface area (Å²) < 4.78 is 0. The third kappa shape index (κ3) is 6.78. The van der Waals surface area contributed by atoms with Gasteiger partial charge in [0.2, 0.25) is 0 Å². The first-order chi connectivity index (χ1) is 9.49. The highest BCUT2D eigenvalue weighted by molar-refractivity contribution is 5.74. The van der Waals surface area contributed by atoms with Crippen LogP contribution in [0.3, 0.4) is 0 Å². The molecule has 0 radical (unpaired) electrons. The van der Waals surface area contributed by atoms with E-state index in [1.807, 2.05) is 6.92 Å². The Bertz CT molecular complexity index is 314. The molecule has 1 rings (SSSR count). The van der Waals surface area contributed by atoms with Crippen molar-refractivity contribution < 1.29 is 14.7 Å². The molecule has 20 heavy (non-hydrogen) atoms. The Morgan fingerprint density at radius 1 is 1.15 bits per heavy atom. The first-order valence-electron chi connectivity index (χ1n) is 7.79. The number of hydrogen-bond acceptors (Lipinski definition) is 2. The van der Waals surface area contributed by atoms with Crippen molar-refractivity contribution in [2.24, 2.45) is 5.92 Å². The molecule has 0 aliphatic heterocycles. The molecule has 5 heteroatoms. The summed E-state index contributed by atoms with van der Waals surface area (Å²) in [5, 5.41) is 14.8. The summed E-state index contributed by atoms with van der Waals surface area (Å²) in [6, 6.07) is 0.318. The van der Waals surface area contributed by atoms with E-state index in [-0.39, 0.29) is 18.0 Å². The second kappa shape index (κ2) is 8.82. The van der Waals surface area contributed by atoms with E-state index < -0.39 is 5.97 Å². The average Bonchev–Trinajstić information content (AvgIpc) is 2.39. The van der Waals surface area contributed by atoms with Crippen molar-refractivity contribution in [3.63, 3.8) is 0 Å². The molecule has 0 heterocycles. The lowest BCUT2D eigenvalue weighted by atomic mass is 9.96. The van der Waals surface area contributed by atoms with Gasteiger partial charge in [0.1, 0.15) is 0 Å². The summed E-state index contributed by atoms with van der Waals surface area (Å²) in [5.41, 5.74) is 0. The van der Waals surface area contributed by atoms with Gasteiger partial charge in [-0.3, -0.25) is 4.79 Å². The molecule has 0 aromatic heterocycles. The number of urea groups is 1. The normalized spacial score (nSPS) is 19.1. The van der Waals surface area contributed by atoms with Gasteiger partial charge < -0.3 is 15.7 Å². The van der Waals surface area contributed by atoms with Gasteiger partial charge in [-0.25, -0.2) is 4.79 Å². The Hall–Kier alpha value is -1.26. The van der Waals surface area contributed by atoms with Crippen LogP contribution < -0.4 is 10.6 Å². The number of aliphatic carboxylic acids is 1. The van der Waals surface area contributed by atoms with Gasteiger partial charge in [0.05, 0.1) is 5.92 Å². The predicted molar refractivity (Wildman–Crippen MR) is 78.7 cm³/mol. The molecule has 0 aromatic rings. The third-order valence-electron chi connectivity index (χ3n) is 4.01. The van der Waals surface area contributed by atoms with Gasteiger partial charge in [0.15, 0.2) is 0 Å². The van der Waals surface area contributed by atoms with Crippen LogP contribution in [0.1, 0.15) is 65.2 Å². The highest BCUT2D eigenvalue weighted by atomic mass is 16.4. The quantitative estimate of drug-likeness (QED) is 0.672. The molecule has 0 spiro atoms. The van der Waals surface area contributed by atoms with Crippen molar-refractivity contribution in [2.75, 3.05) is 0 Å². The fraction of sp³-hybridized carbons (Fsp3) is 0.867. The molecule has 116 valence electrons. The third-order valence-corrected chi connectivity index (χ3v) is 4.01. The first-order valence-corrected chi connectivity index (χ1v) is 7.79. The lowest BCUT2D eigenvalue weighted by Crippen LogP contribution is -2.46. The molecule has 3 N–H and O–H groups in total. The Kier molecular flexibility index (Phi) is 7.41. The van der Waals surface area contributed by atoms with Crippen molar-refractivity contribution in [3.8, 4) is 0 Å². The lowest BCUT2D eigenvalue weighted by molar-refractivity contribution is -0.141. The summed E-state index contributed by atoms with van der Waals surface area (Å²) in [4.78, 5) is 22.5. The first kappa shape index (κ1) is 16.8. The molecule has 5 nitrogen and oxygen atoms in total. The fourth-order valence-corrected chi connectivity index (χ4v) is 2.62.